The van der Waals surface area contributed by atoms with Crippen molar-refractivity contribution in [3.05, 3.63) is 48.2 Å². The number of benzene rings is 1. The van der Waals surface area contributed by atoms with Gasteiger partial charge in [-0.2, -0.15) is 0 Å². The van der Waals surface area contributed by atoms with E-state index in [1.807, 2.05) is 18.2 Å². The molecule has 0 bridgehead atoms. The van der Waals surface area contributed by atoms with Gasteiger partial charge >= 0.3 is 0 Å². The van der Waals surface area contributed by atoms with Crippen LogP contribution in [0.2, 0.25) is 0 Å². The van der Waals surface area contributed by atoms with Crippen molar-refractivity contribution in [2.75, 3.05) is 6.54 Å². The van der Waals surface area contributed by atoms with Crippen LogP contribution < -0.4 is 5.32 Å². The molecule has 18 heavy (non-hydrogen) atoms. The van der Waals surface area contributed by atoms with Crippen molar-refractivity contribution in [3.63, 3.8) is 0 Å². The van der Waals surface area contributed by atoms with Gasteiger partial charge in [0.1, 0.15) is 11.3 Å². The maximum atomic E-state index is 5.99. The van der Waals surface area contributed by atoms with Crippen molar-refractivity contribution in [2.45, 2.75) is 32.7 Å². The van der Waals surface area contributed by atoms with Crippen molar-refractivity contribution in [1.29, 1.82) is 0 Å². The molecule has 0 aliphatic carbocycles. The fourth-order valence-electron chi connectivity index (χ4n) is 2.33. The van der Waals surface area contributed by atoms with E-state index in [2.05, 4.69) is 37.9 Å². The van der Waals surface area contributed by atoms with Crippen LogP contribution in [0.25, 0.3) is 11.0 Å². The monoisotopic (exact) mass is 243 g/mol. The molecule has 2 heteroatoms. The summed E-state index contributed by atoms with van der Waals surface area (Å²) in [5, 5.41) is 4.71. The summed E-state index contributed by atoms with van der Waals surface area (Å²) in [4.78, 5) is 0. The van der Waals surface area contributed by atoms with Gasteiger partial charge < -0.3 is 9.73 Å². The fraction of sp³-hybridized carbons (Fsp3) is 0.375. The highest BCUT2D eigenvalue weighted by Gasteiger charge is 2.17. The molecule has 2 rings (SSSR count). The summed E-state index contributed by atoms with van der Waals surface area (Å²) >= 11 is 0. The van der Waals surface area contributed by atoms with Crippen LogP contribution in [0.15, 0.2) is 41.3 Å². The third kappa shape index (κ3) is 2.49. The van der Waals surface area contributed by atoms with Gasteiger partial charge in [-0.25, -0.2) is 0 Å². The van der Waals surface area contributed by atoms with Gasteiger partial charge in [0.25, 0.3) is 0 Å². The lowest BCUT2D eigenvalue weighted by atomic mass is 10.1. The van der Waals surface area contributed by atoms with Gasteiger partial charge in [0, 0.05) is 10.9 Å². The third-order valence-electron chi connectivity index (χ3n) is 3.28. The lowest BCUT2D eigenvalue weighted by Crippen LogP contribution is -2.19. The standard InChI is InChI=1S/C16H21NO/c1-4-6-11-17-12(3)16-13(5-2)14-9-7-8-10-15(14)18-16/h4,7-10,12,17H,1,5-6,11H2,2-3H3. The number of nitrogens with one attached hydrogen (secondary N) is 1. The van der Waals surface area contributed by atoms with Crippen LogP contribution >= 0.6 is 0 Å². The number of aryl methyl sites for hydroxylation is 1. The van der Waals surface area contributed by atoms with E-state index >= 15 is 0 Å². The maximum Gasteiger partial charge on any atom is 0.134 e. The van der Waals surface area contributed by atoms with Gasteiger partial charge in [-0.15, -0.1) is 6.58 Å². The number of hydrogen-bond donors (Lipinski definition) is 1. The smallest absolute Gasteiger partial charge is 0.134 e. The van der Waals surface area contributed by atoms with E-state index in [1.165, 1.54) is 10.9 Å². The molecule has 1 atom stereocenters. The van der Waals surface area contributed by atoms with Crippen molar-refractivity contribution < 1.29 is 4.42 Å². The Morgan fingerprint density at radius 3 is 2.89 bits per heavy atom. The van der Waals surface area contributed by atoms with Crippen LogP contribution in [0.5, 0.6) is 0 Å². The minimum Gasteiger partial charge on any atom is -0.459 e. The first kappa shape index (κ1) is 12.9. The van der Waals surface area contributed by atoms with Crippen molar-refractivity contribution in [2.24, 2.45) is 0 Å². The highest BCUT2D eigenvalue weighted by Crippen LogP contribution is 2.30. The van der Waals surface area contributed by atoms with E-state index in [0.717, 1.165) is 30.7 Å². The number of fused-ring (bicyclic) bond motifs is 1. The molecular formula is C16H21NO. The lowest BCUT2D eigenvalue weighted by molar-refractivity contribution is 0.450. The second-order valence-electron chi connectivity index (χ2n) is 4.55. The van der Waals surface area contributed by atoms with Crippen molar-refractivity contribution in [3.8, 4) is 0 Å². The predicted octanol–water partition coefficient (Wildman–Crippen LogP) is 4.22. The summed E-state index contributed by atoms with van der Waals surface area (Å²) in [7, 11) is 0. The van der Waals surface area contributed by atoms with Gasteiger partial charge in [-0.1, -0.05) is 31.2 Å². The molecule has 1 heterocycles. The van der Waals surface area contributed by atoms with E-state index < -0.39 is 0 Å². The quantitative estimate of drug-likeness (QED) is 0.607. The summed E-state index contributed by atoms with van der Waals surface area (Å²) in [6.45, 7) is 9.00. The zero-order valence-corrected chi connectivity index (χ0v) is 11.2. The molecule has 2 nitrogen and oxygen atoms in total. The highest BCUT2D eigenvalue weighted by molar-refractivity contribution is 5.82. The molecule has 0 fully saturated rings. The van der Waals surface area contributed by atoms with Crippen molar-refractivity contribution in [1.82, 2.24) is 5.32 Å². The molecule has 1 aromatic heterocycles. The zero-order chi connectivity index (χ0) is 13.0. The average Bonchev–Trinajstić information content (AvgIpc) is 2.77. The van der Waals surface area contributed by atoms with E-state index in [1.54, 1.807) is 0 Å². The van der Waals surface area contributed by atoms with Crippen molar-refractivity contribution >= 4 is 11.0 Å². The predicted molar refractivity (Wildman–Crippen MR) is 76.8 cm³/mol. The molecule has 0 saturated heterocycles. The first-order valence-corrected chi connectivity index (χ1v) is 6.62. The second kappa shape index (κ2) is 5.87. The van der Waals surface area contributed by atoms with Gasteiger partial charge in [-0.3, -0.25) is 0 Å². The molecule has 96 valence electrons. The molecule has 0 aliphatic heterocycles. The minimum absolute atomic E-state index is 0.243. The topological polar surface area (TPSA) is 25.2 Å². The molecule has 0 spiro atoms. The van der Waals surface area contributed by atoms with E-state index in [-0.39, 0.29) is 6.04 Å². The van der Waals surface area contributed by atoms with Crippen LogP contribution in [0.4, 0.5) is 0 Å². The van der Waals surface area contributed by atoms with Crippen LogP contribution in [0.3, 0.4) is 0 Å². The highest BCUT2D eigenvalue weighted by atomic mass is 16.3. The Labute approximate surface area is 109 Å². The molecule has 0 radical (unpaired) electrons. The van der Waals surface area contributed by atoms with Gasteiger partial charge in [0.05, 0.1) is 6.04 Å². The Hall–Kier alpha value is -1.54. The lowest BCUT2D eigenvalue weighted by Gasteiger charge is -2.12. The first-order valence-electron chi connectivity index (χ1n) is 6.62. The van der Waals surface area contributed by atoms with E-state index in [9.17, 15) is 0 Å². The van der Waals surface area contributed by atoms with Crippen LogP contribution in [-0.4, -0.2) is 6.54 Å². The number of hydrogen-bond acceptors (Lipinski definition) is 2. The number of rotatable bonds is 6. The Balaban J connectivity index is 2.28. The largest absolute Gasteiger partial charge is 0.459 e. The summed E-state index contributed by atoms with van der Waals surface area (Å²) < 4.78 is 5.99. The number of para-hydroxylation sites is 1. The fourth-order valence-corrected chi connectivity index (χ4v) is 2.33. The minimum atomic E-state index is 0.243. The third-order valence-corrected chi connectivity index (χ3v) is 3.28. The van der Waals surface area contributed by atoms with Crippen LogP contribution in [-0.2, 0) is 6.42 Å². The first-order chi connectivity index (χ1) is 8.77. The average molecular weight is 243 g/mol. The normalized spacial score (nSPS) is 12.8. The molecule has 0 saturated carbocycles. The van der Waals surface area contributed by atoms with Gasteiger partial charge in [-0.05, 0) is 32.4 Å². The SMILES string of the molecule is C=CCCNC(C)c1oc2ccccc2c1CC. The van der Waals surface area contributed by atoms with Gasteiger partial charge in [0.15, 0.2) is 0 Å². The molecule has 1 N–H and O–H groups in total. The Kier molecular flexibility index (Phi) is 4.21. The Morgan fingerprint density at radius 1 is 1.39 bits per heavy atom. The summed E-state index contributed by atoms with van der Waals surface area (Å²) in [5.41, 5.74) is 2.31. The Bertz CT molecular complexity index is 527. The molecular weight excluding hydrogens is 222 g/mol. The second-order valence-corrected chi connectivity index (χ2v) is 4.55. The van der Waals surface area contributed by atoms with E-state index in [4.69, 9.17) is 4.42 Å². The molecule has 0 aliphatic rings. The van der Waals surface area contributed by atoms with Crippen LogP contribution in [0.1, 0.15) is 37.6 Å². The molecule has 0 amide bonds. The molecule has 1 aromatic carbocycles. The summed E-state index contributed by atoms with van der Waals surface area (Å²) in [6, 6.07) is 8.50. The van der Waals surface area contributed by atoms with E-state index in [0.29, 0.717) is 0 Å². The zero-order valence-electron chi connectivity index (χ0n) is 11.2. The molecule has 2 aromatic rings. The molecule has 1 unspecified atom stereocenters. The number of furan rings is 1. The maximum absolute atomic E-state index is 5.99. The summed E-state index contributed by atoms with van der Waals surface area (Å²) in [6.07, 6.45) is 3.91. The Morgan fingerprint density at radius 2 is 2.17 bits per heavy atom. The van der Waals surface area contributed by atoms with Crippen LogP contribution in [0, 0.1) is 0 Å². The van der Waals surface area contributed by atoms with Gasteiger partial charge in [0.2, 0.25) is 0 Å². The summed E-state index contributed by atoms with van der Waals surface area (Å²) in [5.74, 6) is 1.07.